The summed E-state index contributed by atoms with van der Waals surface area (Å²) >= 11 is 6.46. The smallest absolute Gasteiger partial charge is 0.236 e. The van der Waals surface area contributed by atoms with E-state index < -0.39 is 15.9 Å². The van der Waals surface area contributed by atoms with Gasteiger partial charge in [0.1, 0.15) is 16.7 Å². The number of nitrogens with zero attached hydrogens (tertiary/aromatic N) is 7. The number of halogens is 3. The van der Waals surface area contributed by atoms with Crippen molar-refractivity contribution >= 4 is 78.9 Å². The largest absolute Gasteiger partial charge is 0.369 e. The van der Waals surface area contributed by atoms with E-state index in [1.54, 1.807) is 42.5 Å². The molecule has 6 heterocycles. The van der Waals surface area contributed by atoms with Gasteiger partial charge in [-0.1, -0.05) is 29.8 Å². The maximum atomic E-state index is 15.7. The number of nitrogens with one attached hydrogen (secondary N) is 3. The maximum absolute atomic E-state index is 15.7. The van der Waals surface area contributed by atoms with Crippen LogP contribution in [0.4, 0.5) is 43.3 Å². The summed E-state index contributed by atoms with van der Waals surface area (Å²) in [5.74, 6) is -1.37. The molecule has 5 aromatic rings. The van der Waals surface area contributed by atoms with Gasteiger partial charge in [0.25, 0.3) is 0 Å². The van der Waals surface area contributed by atoms with Gasteiger partial charge in [0, 0.05) is 106 Å². The normalized spacial score (nSPS) is 19.9. The van der Waals surface area contributed by atoms with E-state index in [1.165, 1.54) is 22.4 Å². The molecular weight excluding hydrogens is 862 g/mol. The van der Waals surface area contributed by atoms with Crippen LogP contribution in [0.3, 0.4) is 0 Å². The number of hydrogen-bond acceptors (Lipinski definition) is 12. The van der Waals surface area contributed by atoms with Gasteiger partial charge in [-0.05, 0) is 86.6 Å². The Bertz CT molecular complexity index is 2640. The molecule has 338 valence electrons. The molecule has 2 aromatic heterocycles. The van der Waals surface area contributed by atoms with Crippen molar-refractivity contribution in [2.75, 3.05) is 79.0 Å². The van der Waals surface area contributed by atoms with Crippen LogP contribution in [0.25, 0.3) is 10.9 Å². The van der Waals surface area contributed by atoms with Gasteiger partial charge in [0.2, 0.25) is 27.8 Å². The fraction of sp³-hybridized carbons (Fsp3) is 0.435. The van der Waals surface area contributed by atoms with Gasteiger partial charge in [-0.15, -0.1) is 0 Å². The summed E-state index contributed by atoms with van der Waals surface area (Å²) in [4.78, 5) is 42.3. The van der Waals surface area contributed by atoms with Crippen LogP contribution < -0.4 is 25.8 Å². The molecule has 3 aromatic carbocycles. The average Bonchev–Trinajstić information content (AvgIpc) is 3.74. The molecule has 4 saturated heterocycles. The Hall–Kier alpha value is -5.36. The lowest BCUT2D eigenvalue weighted by Gasteiger charge is -2.44. The van der Waals surface area contributed by atoms with Gasteiger partial charge < -0.3 is 25.3 Å². The number of anilines is 6. The summed E-state index contributed by atoms with van der Waals surface area (Å²) in [5.41, 5.74) is 3.30. The quantitative estimate of drug-likeness (QED) is 0.109. The molecule has 2 amide bonds. The number of amides is 2. The Labute approximate surface area is 377 Å². The van der Waals surface area contributed by atoms with E-state index in [0.717, 1.165) is 108 Å². The van der Waals surface area contributed by atoms with Crippen molar-refractivity contribution in [2.45, 2.75) is 69.4 Å². The van der Waals surface area contributed by atoms with Crippen LogP contribution in [-0.2, 0) is 19.6 Å². The van der Waals surface area contributed by atoms with E-state index in [-0.39, 0.29) is 53.1 Å². The van der Waals surface area contributed by atoms with Crippen LogP contribution in [-0.4, -0.2) is 115 Å². The number of piperidine rings is 3. The number of carbonyl (C=O) groups is 2. The number of benzene rings is 3. The first-order valence-electron chi connectivity index (χ1n) is 22.1. The Morgan fingerprint density at radius 2 is 1.64 bits per heavy atom. The first-order valence-corrected chi connectivity index (χ1v) is 24.4. The molecule has 0 radical (unpaired) electrons. The van der Waals surface area contributed by atoms with Gasteiger partial charge in [0.05, 0.1) is 29.3 Å². The van der Waals surface area contributed by atoms with Crippen molar-refractivity contribution in [3.8, 4) is 0 Å². The zero-order chi connectivity index (χ0) is 44.5. The van der Waals surface area contributed by atoms with Crippen LogP contribution in [0.1, 0.15) is 62.8 Å². The topological polar surface area (TPSA) is 148 Å². The third kappa shape index (κ3) is 9.67. The SMILES string of the molecule is CS(=O)(=O)n1ccc2cccc(Nc3nc(Nc4ccc(N5CCC(N6CCN(CCC7CCCCN7c7ccc(C8CC(=O)NC(=O)C8)c(F)c7)CC6)CC5)c(F)c4)ncc3Cl)c21. The molecule has 0 spiro atoms. The number of para-hydroxylation sites is 1. The number of rotatable bonds is 12. The Morgan fingerprint density at radius 1 is 0.859 bits per heavy atom. The number of aromatic nitrogens is 3. The molecule has 4 fully saturated rings. The molecule has 18 heteroatoms. The van der Waals surface area contributed by atoms with Gasteiger partial charge >= 0.3 is 0 Å². The molecule has 0 bridgehead atoms. The molecule has 3 N–H and O–H groups in total. The highest BCUT2D eigenvalue weighted by atomic mass is 35.5. The molecule has 64 heavy (non-hydrogen) atoms. The van der Waals surface area contributed by atoms with Crippen molar-refractivity contribution < 1.29 is 26.8 Å². The van der Waals surface area contributed by atoms with Crippen molar-refractivity contribution in [3.05, 3.63) is 95.3 Å². The Morgan fingerprint density at radius 3 is 2.38 bits per heavy atom. The van der Waals surface area contributed by atoms with E-state index in [0.29, 0.717) is 40.2 Å². The third-order valence-corrected chi connectivity index (χ3v) is 14.6. The highest BCUT2D eigenvalue weighted by molar-refractivity contribution is 7.89. The first kappa shape index (κ1) is 43.9. The number of piperazine rings is 1. The van der Waals surface area contributed by atoms with Crippen molar-refractivity contribution in [1.82, 2.24) is 29.1 Å². The van der Waals surface area contributed by atoms with E-state index in [2.05, 4.69) is 45.5 Å². The summed E-state index contributed by atoms with van der Waals surface area (Å²) in [6.45, 7) is 7.37. The predicted molar refractivity (Wildman–Crippen MR) is 247 cm³/mol. The number of carbonyl (C=O) groups excluding carboxylic acids is 2. The van der Waals surface area contributed by atoms with E-state index >= 15 is 8.78 Å². The van der Waals surface area contributed by atoms with Crippen LogP contribution in [0.5, 0.6) is 0 Å². The maximum Gasteiger partial charge on any atom is 0.236 e. The highest BCUT2D eigenvalue weighted by Crippen LogP contribution is 2.35. The summed E-state index contributed by atoms with van der Waals surface area (Å²) in [7, 11) is -3.57. The average molecular weight is 916 g/mol. The molecule has 0 aliphatic carbocycles. The lowest BCUT2D eigenvalue weighted by atomic mass is 9.88. The zero-order valence-electron chi connectivity index (χ0n) is 35.8. The predicted octanol–water partition coefficient (Wildman–Crippen LogP) is 7.21. The number of fused-ring (bicyclic) bond motifs is 1. The van der Waals surface area contributed by atoms with Crippen LogP contribution in [0.2, 0.25) is 5.02 Å². The van der Waals surface area contributed by atoms with Crippen molar-refractivity contribution in [2.24, 2.45) is 0 Å². The second-order valence-electron chi connectivity index (χ2n) is 17.4. The monoisotopic (exact) mass is 914 g/mol. The highest BCUT2D eigenvalue weighted by Gasteiger charge is 2.32. The van der Waals surface area contributed by atoms with Crippen LogP contribution >= 0.6 is 11.6 Å². The van der Waals surface area contributed by atoms with Gasteiger partial charge in [-0.2, -0.15) is 4.98 Å². The van der Waals surface area contributed by atoms with Gasteiger partial charge in [-0.3, -0.25) is 19.8 Å². The van der Waals surface area contributed by atoms with Crippen molar-refractivity contribution in [1.29, 1.82) is 0 Å². The zero-order valence-corrected chi connectivity index (χ0v) is 37.4. The van der Waals surface area contributed by atoms with Crippen molar-refractivity contribution in [3.63, 3.8) is 0 Å². The molecule has 4 aliphatic rings. The summed E-state index contributed by atoms with van der Waals surface area (Å²) < 4.78 is 57.2. The van der Waals surface area contributed by atoms with E-state index in [1.807, 2.05) is 12.1 Å². The fourth-order valence-electron chi connectivity index (χ4n) is 9.97. The molecule has 0 saturated carbocycles. The second kappa shape index (κ2) is 18.6. The molecule has 1 atom stereocenters. The Kier molecular flexibility index (Phi) is 12.8. The number of imide groups is 1. The molecular formula is C46H53ClF2N10O4S. The van der Waals surface area contributed by atoms with E-state index in [4.69, 9.17) is 11.6 Å². The summed E-state index contributed by atoms with van der Waals surface area (Å²) in [6.07, 6.45) is 10.5. The minimum Gasteiger partial charge on any atom is -0.369 e. The van der Waals surface area contributed by atoms with Crippen LogP contribution in [0.15, 0.2) is 73.1 Å². The summed E-state index contributed by atoms with van der Waals surface area (Å²) in [5, 5.41) is 9.49. The van der Waals surface area contributed by atoms with Gasteiger partial charge in [-0.25, -0.2) is 26.2 Å². The first-order chi connectivity index (χ1) is 30.9. The number of hydrogen-bond donors (Lipinski definition) is 3. The molecule has 1 unspecified atom stereocenters. The van der Waals surface area contributed by atoms with E-state index in [9.17, 15) is 18.0 Å². The lowest BCUT2D eigenvalue weighted by molar-refractivity contribution is -0.133. The van der Waals surface area contributed by atoms with Crippen LogP contribution in [0, 0.1) is 11.6 Å². The lowest BCUT2D eigenvalue weighted by Crippen LogP contribution is -2.53. The van der Waals surface area contributed by atoms with Gasteiger partial charge in [0.15, 0.2) is 5.82 Å². The second-order valence-corrected chi connectivity index (χ2v) is 19.7. The molecule has 4 aliphatic heterocycles. The third-order valence-electron chi connectivity index (χ3n) is 13.3. The standard InChI is InChI=1S/C46H53ClF2N10O4S/c1-64(62,63)59-20-12-30-5-4-7-40(44(30)59)52-45-37(47)29-50-46(54-45)51-32-8-11-41(39(49)27-32)57-18-14-33(15-19-57)56-23-21-55(22-24-56)17-13-34-6-2-3-16-58(34)35-9-10-36(38(48)28-35)31-25-42(60)53-43(61)26-31/h4-5,7-12,20,27-29,31,33-34H,2-3,6,13-19,21-26H2,1H3,(H,53,60,61)(H2,50,51,52,54). The molecule has 9 rings (SSSR count). The summed E-state index contributed by atoms with van der Waals surface area (Å²) in [6, 6.07) is 18.2. The molecule has 14 nitrogen and oxygen atoms in total. The fourth-order valence-corrected chi connectivity index (χ4v) is 10.9. The minimum atomic E-state index is -3.57. The Balaban J connectivity index is 0.747. The minimum absolute atomic E-state index is 0.121.